The van der Waals surface area contributed by atoms with Crippen LogP contribution in [0.4, 0.5) is 0 Å². The Kier molecular flexibility index (Phi) is 7.42. The van der Waals surface area contributed by atoms with Crippen molar-refractivity contribution in [3.05, 3.63) is 23.8 Å². The highest BCUT2D eigenvalue weighted by molar-refractivity contribution is 7.48. The SMILES string of the molecule is CC(C)(C)OP(=O)(OCC(=O)C1(O)CCC2C3CCC4=CC(=O)C=CC4(C)C3C(O)CC21C)OC(C)(C)C. The number of carbonyl (C=O) groups is 2. The van der Waals surface area contributed by atoms with Crippen LogP contribution in [-0.4, -0.2) is 51.3 Å². The second kappa shape index (κ2) is 9.46. The molecular weight excluding hydrogens is 507 g/mol. The summed E-state index contributed by atoms with van der Waals surface area (Å²) in [7, 11) is -4.13. The number of carbonyl (C=O) groups excluding carboxylic acids is 2. The van der Waals surface area contributed by atoms with Gasteiger partial charge in [0.1, 0.15) is 12.2 Å². The van der Waals surface area contributed by atoms with E-state index in [9.17, 15) is 24.4 Å². The zero-order valence-electron chi connectivity index (χ0n) is 24.1. The lowest BCUT2D eigenvalue weighted by Gasteiger charge is -2.59. The largest absolute Gasteiger partial charge is 0.476 e. The average molecular weight is 553 g/mol. The van der Waals surface area contributed by atoms with Gasteiger partial charge in [-0.3, -0.25) is 23.2 Å². The molecule has 0 aromatic rings. The van der Waals surface area contributed by atoms with Crippen LogP contribution in [0.3, 0.4) is 0 Å². The summed E-state index contributed by atoms with van der Waals surface area (Å²) < 4.78 is 30.3. The molecule has 214 valence electrons. The molecule has 8 nitrogen and oxygen atoms in total. The van der Waals surface area contributed by atoms with Crippen molar-refractivity contribution in [2.75, 3.05) is 6.61 Å². The van der Waals surface area contributed by atoms with Crippen molar-refractivity contribution < 1.29 is 37.9 Å². The van der Waals surface area contributed by atoms with Gasteiger partial charge < -0.3 is 10.2 Å². The predicted octanol–water partition coefficient (Wildman–Crippen LogP) is 5.32. The Hall–Kier alpha value is -1.15. The van der Waals surface area contributed by atoms with Gasteiger partial charge in [-0.15, -0.1) is 0 Å². The van der Waals surface area contributed by atoms with Crippen molar-refractivity contribution >= 4 is 19.4 Å². The van der Waals surface area contributed by atoms with Crippen molar-refractivity contribution in [1.82, 2.24) is 0 Å². The Morgan fingerprint density at radius 3 is 2.29 bits per heavy atom. The summed E-state index contributed by atoms with van der Waals surface area (Å²) in [5.74, 6) is -0.591. The molecular formula is C29H45O8P. The van der Waals surface area contributed by atoms with E-state index >= 15 is 0 Å². The average Bonchev–Trinajstić information content (AvgIpc) is 3.01. The lowest BCUT2D eigenvalue weighted by atomic mass is 9.46. The van der Waals surface area contributed by atoms with Gasteiger partial charge in [0.25, 0.3) is 0 Å². The minimum atomic E-state index is -4.13. The molecule has 9 heteroatoms. The summed E-state index contributed by atoms with van der Waals surface area (Å²) in [4.78, 5) is 25.7. The molecule has 0 amide bonds. The molecule has 7 atom stereocenters. The van der Waals surface area contributed by atoms with Crippen LogP contribution in [-0.2, 0) is 27.7 Å². The van der Waals surface area contributed by atoms with Crippen molar-refractivity contribution in [1.29, 1.82) is 0 Å². The maximum Gasteiger partial charge on any atom is 0.476 e. The van der Waals surface area contributed by atoms with Gasteiger partial charge in [-0.1, -0.05) is 25.5 Å². The zero-order valence-corrected chi connectivity index (χ0v) is 25.0. The number of fused-ring (bicyclic) bond motifs is 5. The number of phosphoric ester groups is 1. The molecule has 4 rings (SSSR count). The Morgan fingerprint density at radius 2 is 1.71 bits per heavy atom. The number of rotatable bonds is 6. The van der Waals surface area contributed by atoms with Crippen molar-refractivity contribution in [3.8, 4) is 0 Å². The van der Waals surface area contributed by atoms with Crippen LogP contribution < -0.4 is 0 Å². The zero-order chi connectivity index (χ0) is 28.5. The Bertz CT molecular complexity index is 1080. The standard InChI is InChI=1S/C29H45O8P/c1-25(2,3)36-38(34,37-26(4,5)6)35-17-23(32)29(33)14-12-21-20-10-9-18-15-19(30)11-13-27(18,7)24(20)22(31)16-28(21,29)8/h11,13,15,20-22,24,31,33H,9-10,12,14,16-17H2,1-8H3. The second-order valence-corrected chi connectivity index (χ2v) is 15.7. The van der Waals surface area contributed by atoms with E-state index in [1.807, 2.05) is 13.0 Å². The molecule has 38 heavy (non-hydrogen) atoms. The summed E-state index contributed by atoms with van der Waals surface area (Å²) in [5.41, 5.74) is -3.69. The smallest absolute Gasteiger partial charge is 0.393 e. The number of hydrogen-bond acceptors (Lipinski definition) is 8. The first kappa shape index (κ1) is 29.8. The molecule has 0 spiro atoms. The molecule has 2 N–H and O–H groups in total. The van der Waals surface area contributed by atoms with Gasteiger partial charge in [0.05, 0.1) is 17.3 Å². The quantitative estimate of drug-likeness (QED) is 0.425. The molecule has 0 radical (unpaired) electrons. The van der Waals surface area contributed by atoms with Gasteiger partial charge in [-0.05, 0) is 97.6 Å². The van der Waals surface area contributed by atoms with Gasteiger partial charge in [0.2, 0.25) is 0 Å². The maximum atomic E-state index is 13.7. The van der Waals surface area contributed by atoms with E-state index in [4.69, 9.17) is 13.6 Å². The van der Waals surface area contributed by atoms with Gasteiger partial charge in [0, 0.05) is 16.7 Å². The van der Waals surface area contributed by atoms with Crippen molar-refractivity contribution in [3.63, 3.8) is 0 Å². The van der Waals surface area contributed by atoms with E-state index in [1.54, 1.807) is 53.7 Å². The van der Waals surface area contributed by atoms with Crippen LogP contribution in [0, 0.1) is 28.6 Å². The van der Waals surface area contributed by atoms with Crippen molar-refractivity contribution in [2.24, 2.45) is 28.6 Å². The van der Waals surface area contributed by atoms with Crippen LogP contribution in [0.15, 0.2) is 23.8 Å². The van der Waals surface area contributed by atoms with Crippen LogP contribution in [0.2, 0.25) is 0 Å². The lowest BCUT2D eigenvalue weighted by Crippen LogP contribution is -2.61. The fourth-order valence-corrected chi connectivity index (χ4v) is 9.55. The number of aliphatic hydroxyl groups is 2. The molecule has 0 heterocycles. The fourth-order valence-electron chi connectivity index (χ4n) is 7.79. The molecule has 0 saturated heterocycles. The third kappa shape index (κ3) is 5.17. The number of allylic oxidation sites excluding steroid dienone is 4. The van der Waals surface area contributed by atoms with Gasteiger partial charge in [-0.2, -0.15) is 0 Å². The van der Waals surface area contributed by atoms with Crippen LogP contribution in [0.1, 0.15) is 87.5 Å². The third-order valence-electron chi connectivity index (χ3n) is 9.23. The summed E-state index contributed by atoms with van der Waals surface area (Å²) in [6.45, 7) is 13.7. The topological polar surface area (TPSA) is 119 Å². The molecule has 0 bridgehead atoms. The first-order valence-corrected chi connectivity index (χ1v) is 15.2. The summed E-state index contributed by atoms with van der Waals surface area (Å²) in [6, 6.07) is 0. The van der Waals surface area contributed by atoms with E-state index in [0.717, 1.165) is 18.4 Å². The minimum absolute atomic E-state index is 0.0118. The molecule has 0 aromatic carbocycles. The molecule has 0 aromatic heterocycles. The van der Waals surface area contributed by atoms with Gasteiger partial charge in [-0.25, -0.2) is 4.57 Å². The Labute approximate surface area is 226 Å². The number of ketones is 2. The number of aliphatic hydroxyl groups excluding tert-OH is 1. The van der Waals surface area contributed by atoms with Crippen molar-refractivity contribution in [2.45, 2.75) is 110 Å². The molecule has 4 aliphatic carbocycles. The Morgan fingerprint density at radius 1 is 1.11 bits per heavy atom. The van der Waals surface area contributed by atoms with E-state index < -0.39 is 53.9 Å². The van der Waals surface area contributed by atoms with Gasteiger partial charge in [0.15, 0.2) is 11.6 Å². The molecule has 7 unspecified atom stereocenters. The predicted molar refractivity (Wildman–Crippen MR) is 143 cm³/mol. The highest BCUT2D eigenvalue weighted by atomic mass is 31.2. The number of Topliss-reactive ketones (excluding diaryl/α,β-unsaturated/α-hetero) is 1. The summed E-state index contributed by atoms with van der Waals surface area (Å²) >= 11 is 0. The molecule has 3 saturated carbocycles. The van der Waals surface area contributed by atoms with E-state index in [1.165, 1.54) is 0 Å². The lowest BCUT2D eigenvalue weighted by molar-refractivity contribution is -0.178. The highest BCUT2D eigenvalue weighted by Gasteiger charge is 2.68. The minimum Gasteiger partial charge on any atom is -0.393 e. The summed E-state index contributed by atoms with van der Waals surface area (Å²) in [5, 5.41) is 23.5. The fraction of sp³-hybridized carbons (Fsp3) is 0.793. The monoisotopic (exact) mass is 552 g/mol. The number of hydrogen-bond donors (Lipinski definition) is 2. The Balaban J connectivity index is 1.57. The van der Waals surface area contributed by atoms with Crippen LogP contribution in [0.25, 0.3) is 0 Å². The second-order valence-electron chi connectivity index (χ2n) is 14.2. The summed E-state index contributed by atoms with van der Waals surface area (Å²) in [6.07, 6.45) is 7.15. The first-order valence-electron chi connectivity index (χ1n) is 13.8. The van der Waals surface area contributed by atoms with Crippen LogP contribution in [0.5, 0.6) is 0 Å². The normalized spacial score (nSPS) is 39.3. The highest BCUT2D eigenvalue weighted by Crippen LogP contribution is 2.67. The molecule has 4 aliphatic rings. The van der Waals surface area contributed by atoms with Gasteiger partial charge >= 0.3 is 7.82 Å². The first-order chi connectivity index (χ1) is 17.2. The molecule has 0 aliphatic heterocycles. The van der Waals surface area contributed by atoms with E-state index in [0.29, 0.717) is 6.42 Å². The maximum absolute atomic E-state index is 13.7. The van der Waals surface area contributed by atoms with E-state index in [2.05, 4.69) is 6.92 Å². The van der Waals surface area contributed by atoms with E-state index in [-0.39, 0.29) is 36.4 Å². The third-order valence-corrected chi connectivity index (χ3v) is 11.2. The number of phosphoric acid groups is 1. The van der Waals surface area contributed by atoms with Crippen LogP contribution >= 0.6 is 7.82 Å². The molecule has 3 fully saturated rings.